The molecule has 0 fully saturated rings. The summed E-state index contributed by atoms with van der Waals surface area (Å²) in [5, 5.41) is 12.7. The average molecular weight is 420 g/mol. The van der Waals surface area contributed by atoms with E-state index in [1.807, 2.05) is 0 Å². The van der Waals surface area contributed by atoms with Crippen molar-refractivity contribution in [2.24, 2.45) is 0 Å². The molecule has 12 heteroatoms. The molecule has 0 radical (unpaired) electrons. The quantitative estimate of drug-likeness (QED) is 0.502. The highest BCUT2D eigenvalue weighted by Crippen LogP contribution is 2.36. The zero-order valence-electron chi connectivity index (χ0n) is 14.3. The van der Waals surface area contributed by atoms with Gasteiger partial charge in [-0.05, 0) is 19.1 Å². The van der Waals surface area contributed by atoms with Crippen LogP contribution in [0, 0.1) is 11.3 Å². The van der Waals surface area contributed by atoms with Crippen LogP contribution in [0.15, 0.2) is 28.3 Å². The lowest BCUT2D eigenvalue weighted by Gasteiger charge is -2.07. The largest absolute Gasteiger partial charge is 0.436 e. The minimum absolute atomic E-state index is 0.0340. The van der Waals surface area contributed by atoms with Gasteiger partial charge in [0.2, 0.25) is 0 Å². The molecule has 0 bridgehead atoms. The summed E-state index contributed by atoms with van der Waals surface area (Å²) < 4.78 is 68.8. The Morgan fingerprint density at radius 3 is 2.56 bits per heavy atom. The van der Waals surface area contributed by atoms with E-state index in [0.29, 0.717) is 12.4 Å². The molecule has 0 aliphatic heterocycles. The first kappa shape index (κ1) is 21.2. The van der Waals surface area contributed by atoms with Gasteiger partial charge >= 0.3 is 6.18 Å². The van der Waals surface area contributed by atoms with Gasteiger partial charge in [0.05, 0.1) is 11.5 Å². The molecule has 0 atom stereocenters. The lowest BCUT2D eigenvalue weighted by Crippen LogP contribution is -2.09. The summed E-state index contributed by atoms with van der Waals surface area (Å²) in [4.78, 5) is 3.81. The zero-order chi connectivity index (χ0) is 20.2. The van der Waals surface area contributed by atoms with Crippen LogP contribution in [0.4, 0.5) is 13.2 Å². The van der Waals surface area contributed by atoms with Crippen LogP contribution in [0.5, 0.6) is 0 Å². The molecule has 2 aromatic rings. The van der Waals surface area contributed by atoms with Crippen molar-refractivity contribution in [2.75, 3.05) is 25.2 Å². The van der Waals surface area contributed by atoms with Crippen molar-refractivity contribution in [1.82, 2.24) is 14.8 Å². The Morgan fingerprint density at radius 1 is 1.37 bits per heavy atom. The Balaban J connectivity index is 2.53. The molecule has 2 rings (SSSR count). The standard InChI is InChI=1S/C15H15F3N4O3S2/c1-3-25-6-7-26-14-11(8-19)13(15(16,17)18)21-22(14)12-5-4-10(9-20-12)27(2,23)24/h4-5,9H,3,6-7H2,1-2H3. The van der Waals surface area contributed by atoms with Crippen molar-refractivity contribution in [2.45, 2.75) is 23.0 Å². The third-order valence-electron chi connectivity index (χ3n) is 3.26. The van der Waals surface area contributed by atoms with Crippen LogP contribution in [0.3, 0.4) is 0 Å². The molecule has 7 nitrogen and oxygen atoms in total. The summed E-state index contributed by atoms with van der Waals surface area (Å²) in [6, 6.07) is 4.00. The van der Waals surface area contributed by atoms with Crippen LogP contribution in [-0.4, -0.2) is 48.4 Å². The number of nitriles is 1. The molecule has 0 saturated heterocycles. The number of sulfone groups is 1. The minimum Gasteiger partial charge on any atom is -0.381 e. The first-order chi connectivity index (χ1) is 12.6. The molecule has 2 heterocycles. The average Bonchev–Trinajstić information content (AvgIpc) is 2.97. The van der Waals surface area contributed by atoms with Crippen LogP contribution >= 0.6 is 11.8 Å². The normalized spacial score (nSPS) is 12.1. The van der Waals surface area contributed by atoms with E-state index in [2.05, 4.69) is 10.1 Å². The van der Waals surface area contributed by atoms with Crippen LogP contribution in [0.1, 0.15) is 18.2 Å². The first-order valence-corrected chi connectivity index (χ1v) is 10.4. The summed E-state index contributed by atoms with van der Waals surface area (Å²) in [6.07, 6.45) is -2.80. The highest BCUT2D eigenvalue weighted by Gasteiger charge is 2.40. The first-order valence-electron chi connectivity index (χ1n) is 7.57. The number of aromatic nitrogens is 3. The van der Waals surface area contributed by atoms with Gasteiger partial charge in [-0.1, -0.05) is 0 Å². The molecule has 27 heavy (non-hydrogen) atoms. The van der Waals surface area contributed by atoms with E-state index >= 15 is 0 Å². The van der Waals surface area contributed by atoms with E-state index in [9.17, 15) is 26.9 Å². The number of thioether (sulfide) groups is 1. The maximum absolute atomic E-state index is 13.2. The summed E-state index contributed by atoms with van der Waals surface area (Å²) in [6.45, 7) is 2.51. The predicted octanol–water partition coefficient (Wildman–Crippen LogP) is 2.69. The topological polar surface area (TPSA) is 97.9 Å². The Hall–Kier alpha value is -2.10. The lowest BCUT2D eigenvalue weighted by molar-refractivity contribution is -0.141. The second kappa shape index (κ2) is 8.28. The molecule has 0 aliphatic carbocycles. The molecule has 0 aliphatic rings. The van der Waals surface area contributed by atoms with Gasteiger partial charge in [-0.25, -0.2) is 18.1 Å². The Labute approximate surface area is 158 Å². The monoisotopic (exact) mass is 420 g/mol. The van der Waals surface area contributed by atoms with Crippen LogP contribution in [0.2, 0.25) is 0 Å². The van der Waals surface area contributed by atoms with Crippen molar-refractivity contribution < 1.29 is 26.3 Å². The number of hydrogen-bond acceptors (Lipinski definition) is 7. The number of alkyl halides is 3. The Kier molecular flexibility index (Phi) is 6.50. The number of ether oxygens (including phenoxy) is 1. The highest BCUT2D eigenvalue weighted by molar-refractivity contribution is 7.99. The summed E-state index contributed by atoms with van der Waals surface area (Å²) in [5.41, 5.74) is -1.93. The number of halogens is 3. The van der Waals surface area contributed by atoms with Crippen molar-refractivity contribution >= 4 is 21.6 Å². The molecule has 0 saturated carbocycles. The SMILES string of the molecule is CCOCCSc1c(C#N)c(C(F)(F)F)nn1-c1ccc(S(C)(=O)=O)cn1. The van der Waals surface area contributed by atoms with Gasteiger partial charge in [-0.3, -0.25) is 0 Å². The molecule has 0 unspecified atom stereocenters. The van der Waals surface area contributed by atoms with Gasteiger partial charge in [0.15, 0.2) is 21.3 Å². The summed E-state index contributed by atoms with van der Waals surface area (Å²) >= 11 is 0.974. The fourth-order valence-electron chi connectivity index (χ4n) is 2.05. The number of nitrogens with zero attached hydrogens (tertiary/aromatic N) is 4. The highest BCUT2D eigenvalue weighted by atomic mass is 32.2. The molecule has 0 spiro atoms. The molecule has 0 N–H and O–H groups in total. The second-order valence-corrected chi connectivity index (χ2v) is 8.32. The molecule has 0 amide bonds. The fraction of sp³-hybridized carbons (Fsp3) is 0.400. The maximum atomic E-state index is 13.2. The van der Waals surface area contributed by atoms with Gasteiger partial charge in [0.1, 0.15) is 16.7 Å². The summed E-state index contributed by atoms with van der Waals surface area (Å²) in [7, 11) is -3.51. The van der Waals surface area contributed by atoms with E-state index in [-0.39, 0.29) is 22.3 Å². The minimum atomic E-state index is -4.82. The lowest BCUT2D eigenvalue weighted by atomic mass is 10.2. The second-order valence-electron chi connectivity index (χ2n) is 5.22. The third-order valence-corrected chi connectivity index (χ3v) is 5.38. The van der Waals surface area contributed by atoms with Crippen molar-refractivity contribution in [1.29, 1.82) is 5.26 Å². The van der Waals surface area contributed by atoms with Crippen LogP contribution in [0.25, 0.3) is 5.82 Å². The van der Waals surface area contributed by atoms with Gasteiger partial charge in [0, 0.05) is 24.8 Å². The molecular weight excluding hydrogens is 405 g/mol. The molecule has 146 valence electrons. The van der Waals surface area contributed by atoms with E-state index in [4.69, 9.17) is 4.74 Å². The third kappa shape index (κ3) is 5.00. The van der Waals surface area contributed by atoms with Gasteiger partial charge in [-0.2, -0.15) is 23.5 Å². The summed E-state index contributed by atoms with van der Waals surface area (Å²) in [5.74, 6) is 0.265. The van der Waals surface area contributed by atoms with Gasteiger partial charge in [-0.15, -0.1) is 11.8 Å². The maximum Gasteiger partial charge on any atom is 0.436 e. The van der Waals surface area contributed by atoms with Gasteiger partial charge in [0.25, 0.3) is 0 Å². The Morgan fingerprint density at radius 2 is 2.07 bits per heavy atom. The number of hydrogen-bond donors (Lipinski definition) is 0. The molecule has 2 aromatic heterocycles. The van der Waals surface area contributed by atoms with E-state index < -0.39 is 27.3 Å². The van der Waals surface area contributed by atoms with Crippen LogP contribution in [-0.2, 0) is 20.8 Å². The number of pyridine rings is 1. The van der Waals surface area contributed by atoms with Crippen LogP contribution < -0.4 is 0 Å². The molecule has 0 aromatic carbocycles. The van der Waals surface area contributed by atoms with Crippen molar-refractivity contribution in [3.63, 3.8) is 0 Å². The molecular formula is C15H15F3N4O3S2. The van der Waals surface area contributed by atoms with Crippen molar-refractivity contribution in [3.8, 4) is 11.9 Å². The number of rotatable bonds is 7. The van der Waals surface area contributed by atoms with Gasteiger partial charge < -0.3 is 4.74 Å². The van der Waals surface area contributed by atoms with Crippen molar-refractivity contribution in [3.05, 3.63) is 29.6 Å². The van der Waals surface area contributed by atoms with E-state index in [1.54, 1.807) is 13.0 Å². The van der Waals surface area contributed by atoms with E-state index in [0.717, 1.165) is 28.9 Å². The Bertz CT molecular complexity index is 948. The van der Waals surface area contributed by atoms with E-state index in [1.165, 1.54) is 12.1 Å². The zero-order valence-corrected chi connectivity index (χ0v) is 16.0. The fourth-order valence-corrected chi connectivity index (χ4v) is 3.55. The predicted molar refractivity (Wildman–Crippen MR) is 91.4 cm³/mol. The smallest absolute Gasteiger partial charge is 0.381 e.